The van der Waals surface area contributed by atoms with Crippen LogP contribution >= 0.6 is 11.8 Å². The van der Waals surface area contributed by atoms with Gasteiger partial charge in [-0.2, -0.15) is 0 Å². The van der Waals surface area contributed by atoms with Crippen LogP contribution in [0, 0.1) is 5.92 Å². The van der Waals surface area contributed by atoms with E-state index in [0.717, 1.165) is 11.9 Å². The van der Waals surface area contributed by atoms with Crippen molar-refractivity contribution in [2.24, 2.45) is 5.92 Å². The van der Waals surface area contributed by atoms with Gasteiger partial charge in [0.25, 0.3) is 5.56 Å². The van der Waals surface area contributed by atoms with Gasteiger partial charge < -0.3 is 5.32 Å². The Kier molecular flexibility index (Phi) is 5.77. The molecule has 1 aliphatic rings. The summed E-state index contributed by atoms with van der Waals surface area (Å²) < 4.78 is 26.7. The molecule has 0 saturated heterocycles. The molecule has 2 N–H and O–H groups in total. The summed E-state index contributed by atoms with van der Waals surface area (Å²) in [5.41, 5.74) is 1.19. The summed E-state index contributed by atoms with van der Waals surface area (Å²) >= 11 is 1.39. The first kappa shape index (κ1) is 21.4. The molecule has 8 nitrogen and oxygen atoms in total. The molecule has 29 heavy (non-hydrogen) atoms. The van der Waals surface area contributed by atoms with Crippen molar-refractivity contribution in [1.29, 1.82) is 0 Å². The fourth-order valence-corrected chi connectivity index (χ4v) is 4.52. The smallest absolute Gasteiger partial charge is 0.254 e. The number of aromatic nitrogens is 2. The van der Waals surface area contributed by atoms with Gasteiger partial charge in [0, 0.05) is 29.5 Å². The predicted molar refractivity (Wildman–Crippen MR) is 115 cm³/mol. The van der Waals surface area contributed by atoms with Crippen LogP contribution in [-0.2, 0) is 26.8 Å². The van der Waals surface area contributed by atoms with Crippen LogP contribution in [0.25, 0.3) is 0 Å². The third kappa shape index (κ3) is 5.39. The van der Waals surface area contributed by atoms with E-state index in [1.807, 2.05) is 20.8 Å². The van der Waals surface area contributed by atoms with E-state index in [0.29, 0.717) is 22.3 Å². The van der Waals surface area contributed by atoms with Gasteiger partial charge in [-0.1, -0.05) is 38.6 Å². The van der Waals surface area contributed by atoms with Gasteiger partial charge in [0.05, 0.1) is 23.6 Å². The van der Waals surface area contributed by atoms with E-state index in [1.165, 1.54) is 22.4 Å². The van der Waals surface area contributed by atoms with Gasteiger partial charge in [0.1, 0.15) is 0 Å². The van der Waals surface area contributed by atoms with E-state index < -0.39 is 15.9 Å². The van der Waals surface area contributed by atoms with Crippen LogP contribution in [0.2, 0.25) is 0 Å². The lowest BCUT2D eigenvalue weighted by atomic mass is 9.92. The third-order valence-electron chi connectivity index (χ3n) is 4.36. The van der Waals surface area contributed by atoms with E-state index in [2.05, 4.69) is 15.0 Å². The van der Waals surface area contributed by atoms with Gasteiger partial charge in [-0.05, 0) is 18.2 Å². The Bertz CT molecular complexity index is 1100. The number of sulfonamides is 1. The molecule has 1 atom stereocenters. The highest BCUT2D eigenvalue weighted by molar-refractivity contribution is 7.99. The van der Waals surface area contributed by atoms with Crippen LogP contribution in [0.3, 0.4) is 0 Å². The molecule has 0 unspecified atom stereocenters. The Balaban J connectivity index is 1.75. The van der Waals surface area contributed by atoms with Crippen molar-refractivity contribution in [2.45, 2.75) is 37.9 Å². The molecule has 1 aromatic carbocycles. The number of amides is 1. The Labute approximate surface area is 174 Å². The lowest BCUT2D eigenvalue weighted by Gasteiger charge is -2.26. The average Bonchev–Trinajstić information content (AvgIpc) is 2.59. The number of nitrogens with one attached hydrogen (secondary N) is 2. The molecule has 0 aliphatic carbocycles. The molecule has 10 heteroatoms. The van der Waals surface area contributed by atoms with Crippen molar-refractivity contribution in [3.8, 4) is 0 Å². The highest BCUT2D eigenvalue weighted by Gasteiger charge is 2.28. The molecule has 1 aliphatic heterocycles. The minimum atomic E-state index is -3.41. The summed E-state index contributed by atoms with van der Waals surface area (Å²) in [6.07, 6.45) is 1.06. The molecule has 0 bridgehead atoms. The van der Waals surface area contributed by atoms with Crippen LogP contribution in [-0.4, -0.2) is 35.9 Å². The molecule has 0 fully saturated rings. The monoisotopic (exact) mass is 436 g/mol. The van der Waals surface area contributed by atoms with Gasteiger partial charge >= 0.3 is 0 Å². The van der Waals surface area contributed by atoms with Crippen LogP contribution in [0.1, 0.15) is 26.5 Å². The third-order valence-corrected chi connectivity index (χ3v) is 6.11. The maximum atomic E-state index is 12.7. The zero-order chi connectivity index (χ0) is 21.4. The summed E-state index contributed by atoms with van der Waals surface area (Å²) in [6.45, 7) is 6.26. The number of nitrogens with zero attached hydrogens (tertiary/aromatic N) is 2. The van der Waals surface area contributed by atoms with Crippen molar-refractivity contribution < 1.29 is 13.2 Å². The number of anilines is 2. The second-order valence-electron chi connectivity index (χ2n) is 8.08. The maximum absolute atomic E-state index is 12.7. The van der Waals surface area contributed by atoms with Crippen molar-refractivity contribution >= 4 is 39.1 Å². The van der Waals surface area contributed by atoms with Crippen molar-refractivity contribution in [2.75, 3.05) is 22.0 Å². The lowest BCUT2D eigenvalue weighted by Crippen LogP contribution is -2.37. The topological polar surface area (TPSA) is 110 Å². The number of benzene rings is 1. The summed E-state index contributed by atoms with van der Waals surface area (Å²) in [7, 11) is -3.41. The Hall–Kier alpha value is -2.33. The van der Waals surface area contributed by atoms with Gasteiger partial charge in [-0.3, -0.25) is 18.9 Å². The highest BCUT2D eigenvalue weighted by atomic mass is 32.2. The minimum Gasteiger partial charge on any atom is -0.326 e. The Morgan fingerprint density at radius 3 is 2.59 bits per heavy atom. The Morgan fingerprint density at radius 1 is 1.24 bits per heavy atom. The van der Waals surface area contributed by atoms with E-state index in [4.69, 9.17) is 0 Å². The highest BCUT2D eigenvalue weighted by Crippen LogP contribution is 2.28. The first-order valence-corrected chi connectivity index (χ1v) is 11.9. The van der Waals surface area contributed by atoms with Crippen LogP contribution < -0.4 is 15.6 Å². The number of hydrogen-bond acceptors (Lipinski definition) is 6. The number of fused-ring (bicyclic) bond motifs is 1. The molecule has 1 amide bonds. The Morgan fingerprint density at radius 2 is 1.93 bits per heavy atom. The van der Waals surface area contributed by atoms with Crippen molar-refractivity contribution in [3.63, 3.8) is 0 Å². The number of carbonyl (C=O) groups is 1. The zero-order valence-corrected chi connectivity index (χ0v) is 18.4. The van der Waals surface area contributed by atoms with E-state index in [9.17, 15) is 18.0 Å². The molecular formula is C19H24N4O4S2. The molecule has 1 aromatic heterocycles. The summed E-state index contributed by atoms with van der Waals surface area (Å²) in [6, 6.07) is 8.01. The molecule has 3 rings (SSSR count). The lowest BCUT2D eigenvalue weighted by molar-refractivity contribution is -0.119. The van der Waals surface area contributed by atoms with Gasteiger partial charge in [0.2, 0.25) is 15.9 Å². The van der Waals surface area contributed by atoms with Crippen molar-refractivity contribution in [1.82, 2.24) is 9.55 Å². The molecule has 0 radical (unpaired) electrons. The molecule has 2 aromatic rings. The maximum Gasteiger partial charge on any atom is 0.254 e. The predicted octanol–water partition coefficient (Wildman–Crippen LogP) is 2.27. The number of hydrogen-bond donors (Lipinski definition) is 2. The van der Waals surface area contributed by atoms with E-state index in [-0.39, 0.29) is 23.4 Å². The summed E-state index contributed by atoms with van der Waals surface area (Å²) in [5, 5.41) is 3.43. The zero-order valence-electron chi connectivity index (χ0n) is 16.7. The average molecular weight is 437 g/mol. The molecule has 0 spiro atoms. The largest absolute Gasteiger partial charge is 0.326 e. The molecule has 156 valence electrons. The number of carbonyl (C=O) groups excluding carboxylic acids is 1. The standard InChI is InChI=1S/C19H24N4O4S2/c1-19(2,3)15-9-16(24)23-10-12(11-28-18(23)21-15)17(25)20-13-6-5-7-14(8-13)22-29(4,26)27/h5-9,12,22H,10-11H2,1-4H3,(H,20,25)/t12-/m1/s1. The quantitative estimate of drug-likeness (QED) is 0.712. The van der Waals surface area contributed by atoms with Crippen LogP contribution in [0.15, 0.2) is 40.3 Å². The fraction of sp³-hybridized carbons (Fsp3) is 0.421. The first-order chi connectivity index (χ1) is 13.4. The van der Waals surface area contributed by atoms with E-state index >= 15 is 0 Å². The first-order valence-electron chi connectivity index (χ1n) is 9.06. The molecule has 0 saturated carbocycles. The molecular weight excluding hydrogens is 412 g/mol. The minimum absolute atomic E-state index is 0.163. The van der Waals surface area contributed by atoms with E-state index in [1.54, 1.807) is 24.3 Å². The molecule has 2 heterocycles. The summed E-state index contributed by atoms with van der Waals surface area (Å²) in [4.78, 5) is 29.9. The van der Waals surface area contributed by atoms with Gasteiger partial charge in [-0.15, -0.1) is 0 Å². The number of thioether (sulfide) groups is 1. The SMILES string of the molecule is CC(C)(C)c1cc(=O)n2c(n1)SC[C@H](C(=O)Nc1cccc(NS(C)(=O)=O)c1)C2. The van der Waals surface area contributed by atoms with Gasteiger partial charge in [-0.25, -0.2) is 13.4 Å². The van der Waals surface area contributed by atoms with Crippen LogP contribution in [0.5, 0.6) is 0 Å². The second kappa shape index (κ2) is 7.83. The second-order valence-corrected chi connectivity index (χ2v) is 10.8. The normalized spacial score (nSPS) is 16.8. The van der Waals surface area contributed by atoms with Crippen molar-refractivity contribution in [3.05, 3.63) is 46.4 Å². The summed E-state index contributed by atoms with van der Waals surface area (Å²) in [5.74, 6) is -0.127. The fourth-order valence-electron chi connectivity index (χ4n) is 2.87. The van der Waals surface area contributed by atoms with Gasteiger partial charge in [0.15, 0.2) is 5.16 Å². The number of rotatable bonds is 4. The van der Waals surface area contributed by atoms with Crippen LogP contribution in [0.4, 0.5) is 11.4 Å².